The zero-order valence-electron chi connectivity index (χ0n) is 27.7. The first kappa shape index (κ1) is 28.1. The summed E-state index contributed by atoms with van der Waals surface area (Å²) in [6.45, 7) is 4.81. The molecule has 0 heteroatoms. The van der Waals surface area contributed by atoms with E-state index in [1.807, 2.05) is 0 Å². The molecule has 0 fully saturated rings. The summed E-state index contributed by atoms with van der Waals surface area (Å²) >= 11 is 0. The molecule has 0 radical (unpaired) electrons. The third-order valence-electron chi connectivity index (χ3n) is 11.0. The number of benzene rings is 9. The van der Waals surface area contributed by atoms with Gasteiger partial charge in [-0.2, -0.15) is 0 Å². The molecule has 0 bridgehead atoms. The van der Waals surface area contributed by atoms with Crippen molar-refractivity contribution in [3.8, 4) is 44.5 Å². The molecule has 0 heterocycles. The molecular formula is C49H34. The van der Waals surface area contributed by atoms with E-state index in [2.05, 4.69) is 184 Å². The Morgan fingerprint density at radius 2 is 0.878 bits per heavy atom. The van der Waals surface area contributed by atoms with E-state index in [0.29, 0.717) is 0 Å². The first-order valence-corrected chi connectivity index (χ1v) is 17.3. The van der Waals surface area contributed by atoms with Crippen LogP contribution in [0, 0.1) is 0 Å². The van der Waals surface area contributed by atoms with Gasteiger partial charge in [-0.05, 0) is 111 Å². The quantitative estimate of drug-likeness (QED) is 0.172. The summed E-state index contributed by atoms with van der Waals surface area (Å²) in [5.74, 6) is 0. The third kappa shape index (κ3) is 4.04. The van der Waals surface area contributed by atoms with E-state index in [9.17, 15) is 0 Å². The van der Waals surface area contributed by atoms with Crippen LogP contribution in [0.3, 0.4) is 0 Å². The molecule has 1 aliphatic rings. The Kier molecular flexibility index (Phi) is 6.02. The van der Waals surface area contributed by atoms with Gasteiger partial charge in [0.15, 0.2) is 0 Å². The van der Waals surface area contributed by atoms with Crippen molar-refractivity contribution in [3.05, 3.63) is 181 Å². The molecule has 1 aliphatic carbocycles. The van der Waals surface area contributed by atoms with Crippen molar-refractivity contribution in [2.24, 2.45) is 0 Å². The molecule has 0 unspecified atom stereocenters. The minimum atomic E-state index is -0.145. The lowest BCUT2D eigenvalue weighted by atomic mass is 9.78. The fourth-order valence-corrected chi connectivity index (χ4v) is 8.90. The summed E-state index contributed by atoms with van der Waals surface area (Å²) in [5.41, 5.74) is 13.1. The maximum absolute atomic E-state index is 2.48. The Morgan fingerprint density at radius 1 is 0.327 bits per heavy atom. The maximum atomic E-state index is 2.48. The van der Waals surface area contributed by atoms with Gasteiger partial charge in [0.25, 0.3) is 0 Å². The second-order valence-electron chi connectivity index (χ2n) is 14.0. The highest BCUT2D eigenvalue weighted by Crippen LogP contribution is 2.55. The summed E-state index contributed by atoms with van der Waals surface area (Å²) in [6, 6.07) is 63.1. The molecule has 0 aliphatic heterocycles. The van der Waals surface area contributed by atoms with Crippen LogP contribution in [0.4, 0.5) is 0 Å². The lowest BCUT2D eigenvalue weighted by molar-refractivity contribution is 0.662. The van der Waals surface area contributed by atoms with Gasteiger partial charge in [0.05, 0.1) is 0 Å². The molecule has 0 N–H and O–H groups in total. The van der Waals surface area contributed by atoms with Gasteiger partial charge in [0.2, 0.25) is 0 Å². The van der Waals surface area contributed by atoms with E-state index < -0.39 is 0 Å². The van der Waals surface area contributed by atoms with Crippen LogP contribution in [0.1, 0.15) is 25.0 Å². The van der Waals surface area contributed by atoms with Crippen LogP contribution < -0.4 is 0 Å². The Morgan fingerprint density at radius 3 is 1.57 bits per heavy atom. The molecule has 9 aromatic rings. The number of fused-ring (bicyclic) bond motifs is 8. The van der Waals surface area contributed by atoms with Crippen LogP contribution in [0.15, 0.2) is 170 Å². The zero-order valence-corrected chi connectivity index (χ0v) is 27.7. The highest BCUT2D eigenvalue weighted by atomic mass is 14.4. The fourth-order valence-electron chi connectivity index (χ4n) is 8.90. The van der Waals surface area contributed by atoms with E-state index in [1.54, 1.807) is 0 Å². The first-order valence-electron chi connectivity index (χ1n) is 17.3. The Bertz CT molecular complexity index is 2720. The average Bonchev–Trinajstić information content (AvgIpc) is 3.40. The van der Waals surface area contributed by atoms with Gasteiger partial charge < -0.3 is 0 Å². The van der Waals surface area contributed by atoms with Gasteiger partial charge in [0.1, 0.15) is 0 Å². The molecule has 0 saturated heterocycles. The number of rotatable bonds is 3. The summed E-state index contributed by atoms with van der Waals surface area (Å²) in [4.78, 5) is 0. The van der Waals surface area contributed by atoms with E-state index >= 15 is 0 Å². The van der Waals surface area contributed by atoms with Crippen LogP contribution >= 0.6 is 0 Å². The number of hydrogen-bond donors (Lipinski definition) is 0. The smallest absolute Gasteiger partial charge is 0.0165 e. The molecule has 49 heavy (non-hydrogen) atoms. The van der Waals surface area contributed by atoms with Crippen molar-refractivity contribution in [1.82, 2.24) is 0 Å². The lowest BCUT2D eigenvalue weighted by Crippen LogP contribution is -2.16. The monoisotopic (exact) mass is 622 g/mol. The SMILES string of the molecule is CC1(C)c2ccc3ccccc3c2-c2cccc(-c3cc(-c4c5ccccc5c(-c5ccccc5)c5ccccc45)c4ccccc4c3)c21. The molecular weight excluding hydrogens is 589 g/mol. The van der Waals surface area contributed by atoms with Crippen molar-refractivity contribution < 1.29 is 0 Å². The molecule has 10 rings (SSSR count). The van der Waals surface area contributed by atoms with E-state index in [1.165, 1.54) is 98.7 Å². The van der Waals surface area contributed by atoms with Crippen molar-refractivity contribution >= 4 is 43.1 Å². The van der Waals surface area contributed by atoms with Crippen LogP contribution in [0.25, 0.3) is 87.6 Å². The summed E-state index contributed by atoms with van der Waals surface area (Å²) < 4.78 is 0. The van der Waals surface area contributed by atoms with Gasteiger partial charge in [-0.1, -0.05) is 172 Å². The molecule has 0 aromatic heterocycles. The molecule has 9 aromatic carbocycles. The van der Waals surface area contributed by atoms with E-state index in [-0.39, 0.29) is 5.41 Å². The molecule has 0 amide bonds. The van der Waals surface area contributed by atoms with E-state index in [4.69, 9.17) is 0 Å². The van der Waals surface area contributed by atoms with Crippen LogP contribution in [-0.4, -0.2) is 0 Å². The van der Waals surface area contributed by atoms with Crippen molar-refractivity contribution in [2.45, 2.75) is 19.3 Å². The maximum Gasteiger partial charge on any atom is 0.0165 e. The Hall–Kier alpha value is -5.98. The second kappa shape index (κ2) is 10.5. The summed E-state index contributed by atoms with van der Waals surface area (Å²) in [7, 11) is 0. The van der Waals surface area contributed by atoms with Gasteiger partial charge >= 0.3 is 0 Å². The predicted molar refractivity (Wildman–Crippen MR) is 210 cm³/mol. The van der Waals surface area contributed by atoms with Gasteiger partial charge in [0, 0.05) is 5.41 Å². The van der Waals surface area contributed by atoms with Gasteiger partial charge in [-0.15, -0.1) is 0 Å². The van der Waals surface area contributed by atoms with Crippen LogP contribution in [-0.2, 0) is 5.41 Å². The topological polar surface area (TPSA) is 0 Å². The molecule has 0 atom stereocenters. The molecule has 0 nitrogen and oxygen atoms in total. The highest BCUT2D eigenvalue weighted by Gasteiger charge is 2.38. The summed E-state index contributed by atoms with van der Waals surface area (Å²) in [6.07, 6.45) is 0. The standard InChI is InChI=1S/C49H34/c1-49(2)44-28-27-31-15-6-9-20-36(31)47(44)42-26-14-25-37(48(42)49)34-29-33-18-7-8-19-35(33)43(30-34)46-40-23-12-10-21-38(40)45(32-16-4-3-5-17-32)39-22-11-13-24-41(39)46/h3-30H,1-2H3. The van der Waals surface area contributed by atoms with Crippen molar-refractivity contribution in [2.75, 3.05) is 0 Å². The predicted octanol–water partition coefficient (Wildman–Crippen LogP) is 13.6. The zero-order chi connectivity index (χ0) is 32.7. The van der Waals surface area contributed by atoms with Crippen LogP contribution in [0.5, 0.6) is 0 Å². The minimum absolute atomic E-state index is 0.145. The third-order valence-corrected chi connectivity index (χ3v) is 11.0. The molecule has 0 saturated carbocycles. The minimum Gasteiger partial charge on any atom is -0.0622 e. The van der Waals surface area contributed by atoms with Gasteiger partial charge in [-0.3, -0.25) is 0 Å². The van der Waals surface area contributed by atoms with Crippen molar-refractivity contribution in [1.29, 1.82) is 0 Å². The Labute approximate surface area is 286 Å². The average molecular weight is 623 g/mol. The normalized spacial score (nSPS) is 13.3. The van der Waals surface area contributed by atoms with E-state index in [0.717, 1.165) is 0 Å². The molecule has 230 valence electrons. The Balaban J connectivity index is 1.30. The molecule has 0 spiro atoms. The highest BCUT2D eigenvalue weighted by molar-refractivity contribution is 6.24. The largest absolute Gasteiger partial charge is 0.0622 e. The second-order valence-corrected chi connectivity index (χ2v) is 14.0. The first-order chi connectivity index (χ1) is 24.1. The van der Waals surface area contributed by atoms with Crippen molar-refractivity contribution in [3.63, 3.8) is 0 Å². The fraction of sp³-hybridized carbons (Fsp3) is 0.0612. The van der Waals surface area contributed by atoms with Crippen LogP contribution in [0.2, 0.25) is 0 Å². The summed E-state index contributed by atoms with van der Waals surface area (Å²) in [5, 5.41) is 10.3. The number of hydrogen-bond acceptors (Lipinski definition) is 0. The lowest BCUT2D eigenvalue weighted by Gasteiger charge is -2.25. The van der Waals surface area contributed by atoms with Gasteiger partial charge in [-0.25, -0.2) is 0 Å².